The maximum atomic E-state index is 11.8. The Balaban J connectivity index is 2.01. The average Bonchev–Trinajstić information content (AvgIpc) is 2.77. The topological polar surface area (TPSA) is 52.6 Å². The van der Waals surface area contributed by atoms with E-state index in [1.807, 2.05) is 19.9 Å². The second-order valence-corrected chi connectivity index (χ2v) is 7.17. The van der Waals surface area contributed by atoms with Crippen LogP contribution in [0.4, 0.5) is 0 Å². The number of ether oxygens (including phenoxy) is 2. The van der Waals surface area contributed by atoms with Gasteiger partial charge < -0.3 is 9.47 Å². The maximum Gasteiger partial charge on any atom is 0.339 e. The van der Waals surface area contributed by atoms with Crippen molar-refractivity contribution in [3.05, 3.63) is 34.6 Å². The number of carbonyl (C=O) groups is 2. The summed E-state index contributed by atoms with van der Waals surface area (Å²) in [6.45, 7) is 10.0. The standard InChI is InChI=1S/C19H24O4/c1-6-16(20)23-17-10(2)7-13-8-15-14(11(3)18(21)22-15)9-19(13,5)12(17)4/h7-8,10,12,17H,6,9H2,1-5H3. The largest absolute Gasteiger partial charge is 0.461 e. The fourth-order valence-electron chi connectivity index (χ4n) is 3.96. The van der Waals surface area contributed by atoms with Gasteiger partial charge in [-0.15, -0.1) is 0 Å². The van der Waals surface area contributed by atoms with E-state index in [2.05, 4.69) is 26.8 Å². The predicted octanol–water partition coefficient (Wildman–Crippen LogP) is 3.69. The molecule has 3 aliphatic rings. The lowest BCUT2D eigenvalue weighted by atomic mass is 9.58. The first-order valence-corrected chi connectivity index (χ1v) is 8.33. The van der Waals surface area contributed by atoms with Crippen LogP contribution in [-0.4, -0.2) is 18.0 Å². The van der Waals surface area contributed by atoms with Gasteiger partial charge >= 0.3 is 11.9 Å². The minimum Gasteiger partial charge on any atom is -0.461 e. The SMILES string of the molecule is CCC(=O)OC1C(C)C=C2C=C3OC(=O)C(C)=C3CC2(C)C1C. The van der Waals surface area contributed by atoms with Crippen molar-refractivity contribution in [2.24, 2.45) is 17.3 Å². The van der Waals surface area contributed by atoms with Crippen molar-refractivity contribution in [3.8, 4) is 0 Å². The molecule has 0 aromatic heterocycles. The third kappa shape index (κ3) is 2.35. The molecule has 0 aromatic carbocycles. The summed E-state index contributed by atoms with van der Waals surface area (Å²) in [4.78, 5) is 23.6. The smallest absolute Gasteiger partial charge is 0.339 e. The van der Waals surface area contributed by atoms with Crippen LogP contribution in [0.15, 0.2) is 34.6 Å². The molecule has 23 heavy (non-hydrogen) atoms. The molecule has 0 fully saturated rings. The molecule has 0 saturated heterocycles. The van der Waals surface area contributed by atoms with Gasteiger partial charge in [-0.2, -0.15) is 0 Å². The minimum absolute atomic E-state index is 0.134. The molecule has 1 aliphatic heterocycles. The second kappa shape index (κ2) is 5.36. The molecule has 0 N–H and O–H groups in total. The lowest BCUT2D eigenvalue weighted by Crippen LogP contribution is -2.45. The van der Waals surface area contributed by atoms with E-state index in [0.29, 0.717) is 17.8 Å². The second-order valence-electron chi connectivity index (χ2n) is 7.17. The van der Waals surface area contributed by atoms with Crippen molar-refractivity contribution in [3.63, 3.8) is 0 Å². The van der Waals surface area contributed by atoms with Gasteiger partial charge in [-0.25, -0.2) is 4.79 Å². The molecule has 0 radical (unpaired) electrons. The lowest BCUT2D eigenvalue weighted by molar-refractivity contribution is -0.156. The summed E-state index contributed by atoms with van der Waals surface area (Å²) in [5, 5.41) is 0. The first-order chi connectivity index (χ1) is 10.8. The van der Waals surface area contributed by atoms with Crippen LogP contribution >= 0.6 is 0 Å². The van der Waals surface area contributed by atoms with Crippen LogP contribution in [0.25, 0.3) is 0 Å². The Morgan fingerprint density at radius 3 is 2.78 bits per heavy atom. The minimum atomic E-state index is -0.247. The van der Waals surface area contributed by atoms with Gasteiger partial charge in [-0.3, -0.25) is 4.79 Å². The first kappa shape index (κ1) is 16.0. The molecular weight excluding hydrogens is 292 g/mol. The normalized spacial score (nSPS) is 35.9. The average molecular weight is 316 g/mol. The van der Waals surface area contributed by atoms with Crippen LogP contribution in [-0.2, 0) is 19.1 Å². The van der Waals surface area contributed by atoms with Gasteiger partial charge in [0.25, 0.3) is 0 Å². The fourth-order valence-corrected chi connectivity index (χ4v) is 3.96. The van der Waals surface area contributed by atoms with Crippen molar-refractivity contribution < 1.29 is 19.1 Å². The Bertz CT molecular complexity index is 667. The Kier molecular flexibility index (Phi) is 3.74. The van der Waals surface area contributed by atoms with Gasteiger partial charge in [0.2, 0.25) is 0 Å². The van der Waals surface area contributed by atoms with Gasteiger partial charge in [-0.1, -0.05) is 33.8 Å². The number of hydrogen-bond acceptors (Lipinski definition) is 4. The number of allylic oxidation sites excluding steroid dienone is 3. The Labute approximate surface area is 137 Å². The highest BCUT2D eigenvalue weighted by Gasteiger charge is 2.49. The van der Waals surface area contributed by atoms with E-state index >= 15 is 0 Å². The molecule has 4 heteroatoms. The Hall–Kier alpha value is -1.84. The van der Waals surface area contributed by atoms with E-state index in [1.165, 1.54) is 5.57 Å². The predicted molar refractivity (Wildman–Crippen MR) is 86.2 cm³/mol. The van der Waals surface area contributed by atoms with Crippen LogP contribution in [0.1, 0.15) is 47.5 Å². The molecule has 4 atom stereocenters. The Morgan fingerprint density at radius 2 is 2.13 bits per heavy atom. The zero-order valence-corrected chi connectivity index (χ0v) is 14.4. The van der Waals surface area contributed by atoms with E-state index in [-0.39, 0.29) is 35.3 Å². The molecular formula is C19H24O4. The van der Waals surface area contributed by atoms with Crippen molar-refractivity contribution in [1.29, 1.82) is 0 Å². The quantitative estimate of drug-likeness (QED) is 0.729. The molecule has 0 spiro atoms. The molecule has 124 valence electrons. The third-order valence-corrected chi connectivity index (χ3v) is 5.76. The molecule has 3 rings (SSSR count). The number of fused-ring (bicyclic) bond motifs is 2. The summed E-state index contributed by atoms with van der Waals surface area (Å²) < 4.78 is 11.1. The van der Waals surface area contributed by atoms with Gasteiger partial charge in [0.1, 0.15) is 11.9 Å². The fraction of sp³-hybridized carbons (Fsp3) is 0.579. The van der Waals surface area contributed by atoms with Gasteiger partial charge in [0.05, 0.1) is 0 Å². The molecule has 0 amide bonds. The van der Waals surface area contributed by atoms with Gasteiger partial charge in [0.15, 0.2) is 0 Å². The van der Waals surface area contributed by atoms with Crippen LogP contribution in [0.5, 0.6) is 0 Å². The monoisotopic (exact) mass is 316 g/mol. The maximum absolute atomic E-state index is 11.8. The Morgan fingerprint density at radius 1 is 1.43 bits per heavy atom. The summed E-state index contributed by atoms with van der Waals surface area (Å²) in [6, 6.07) is 0. The molecule has 1 heterocycles. The summed E-state index contributed by atoms with van der Waals surface area (Å²) in [5.41, 5.74) is 2.72. The summed E-state index contributed by atoms with van der Waals surface area (Å²) in [6.07, 6.45) is 5.16. The molecule has 0 aromatic rings. The zero-order chi connectivity index (χ0) is 16.9. The number of hydrogen-bond donors (Lipinski definition) is 0. The van der Waals surface area contributed by atoms with E-state index in [0.717, 1.165) is 12.0 Å². The van der Waals surface area contributed by atoms with E-state index in [4.69, 9.17) is 9.47 Å². The molecule has 4 nitrogen and oxygen atoms in total. The highest BCUT2D eigenvalue weighted by atomic mass is 16.5. The van der Waals surface area contributed by atoms with Crippen LogP contribution in [0.3, 0.4) is 0 Å². The van der Waals surface area contributed by atoms with Crippen LogP contribution in [0.2, 0.25) is 0 Å². The molecule has 0 saturated carbocycles. The van der Waals surface area contributed by atoms with Gasteiger partial charge in [-0.05, 0) is 25.0 Å². The van der Waals surface area contributed by atoms with Crippen molar-refractivity contribution in [1.82, 2.24) is 0 Å². The summed E-state index contributed by atoms with van der Waals surface area (Å²) >= 11 is 0. The highest BCUT2D eigenvalue weighted by molar-refractivity contribution is 5.94. The highest BCUT2D eigenvalue weighted by Crippen LogP contribution is 2.54. The van der Waals surface area contributed by atoms with Crippen LogP contribution in [0, 0.1) is 17.3 Å². The van der Waals surface area contributed by atoms with Crippen LogP contribution < -0.4 is 0 Å². The molecule has 2 aliphatic carbocycles. The van der Waals surface area contributed by atoms with E-state index < -0.39 is 0 Å². The number of carbonyl (C=O) groups excluding carboxylic acids is 2. The van der Waals surface area contributed by atoms with E-state index in [1.54, 1.807) is 0 Å². The lowest BCUT2D eigenvalue weighted by Gasteiger charge is -2.48. The van der Waals surface area contributed by atoms with Crippen molar-refractivity contribution in [2.75, 3.05) is 0 Å². The van der Waals surface area contributed by atoms with Crippen molar-refractivity contribution >= 4 is 11.9 Å². The van der Waals surface area contributed by atoms with Gasteiger partial charge in [0, 0.05) is 34.8 Å². The zero-order valence-electron chi connectivity index (χ0n) is 14.4. The summed E-state index contributed by atoms with van der Waals surface area (Å²) in [5.74, 6) is 0.602. The van der Waals surface area contributed by atoms with E-state index in [9.17, 15) is 9.59 Å². The number of esters is 2. The molecule has 0 bridgehead atoms. The number of rotatable bonds is 2. The van der Waals surface area contributed by atoms with Crippen molar-refractivity contribution in [2.45, 2.75) is 53.6 Å². The first-order valence-electron chi connectivity index (χ1n) is 8.33. The summed E-state index contributed by atoms with van der Waals surface area (Å²) in [7, 11) is 0. The third-order valence-electron chi connectivity index (χ3n) is 5.76. The molecule has 4 unspecified atom stereocenters.